The SMILES string of the molecule is O[C@@H]1CC(c2cc(F)ccc2Br)Oc2cc(F)ccc21. The predicted octanol–water partition coefficient (Wildman–Crippen LogP) is 4.28. The zero-order chi connectivity index (χ0) is 14.3. The van der Waals surface area contributed by atoms with Crippen LogP contribution < -0.4 is 4.74 Å². The van der Waals surface area contributed by atoms with Gasteiger partial charge in [0.05, 0.1) is 6.10 Å². The molecule has 1 N–H and O–H groups in total. The number of aliphatic hydroxyl groups excluding tert-OH is 1. The number of ether oxygens (including phenoxy) is 1. The molecule has 1 aliphatic rings. The molecular weight excluding hydrogens is 330 g/mol. The van der Waals surface area contributed by atoms with Crippen molar-refractivity contribution in [3.63, 3.8) is 0 Å². The summed E-state index contributed by atoms with van der Waals surface area (Å²) in [6.45, 7) is 0. The van der Waals surface area contributed by atoms with E-state index in [0.29, 0.717) is 27.8 Å². The third-order valence-electron chi connectivity index (χ3n) is 3.35. The van der Waals surface area contributed by atoms with E-state index >= 15 is 0 Å². The van der Waals surface area contributed by atoms with Gasteiger partial charge in [-0.1, -0.05) is 15.9 Å². The zero-order valence-corrected chi connectivity index (χ0v) is 11.9. The van der Waals surface area contributed by atoms with Gasteiger partial charge in [0.25, 0.3) is 0 Å². The Kier molecular flexibility index (Phi) is 3.48. The Balaban J connectivity index is 2.00. The molecule has 1 heterocycles. The maximum Gasteiger partial charge on any atom is 0.128 e. The summed E-state index contributed by atoms with van der Waals surface area (Å²) < 4.78 is 33.0. The van der Waals surface area contributed by atoms with Crippen molar-refractivity contribution >= 4 is 15.9 Å². The molecule has 104 valence electrons. The minimum atomic E-state index is -0.764. The van der Waals surface area contributed by atoms with E-state index in [1.165, 1.54) is 30.3 Å². The van der Waals surface area contributed by atoms with Crippen molar-refractivity contribution < 1.29 is 18.6 Å². The molecule has 2 aromatic carbocycles. The number of benzene rings is 2. The van der Waals surface area contributed by atoms with Gasteiger partial charge in [-0.15, -0.1) is 0 Å². The van der Waals surface area contributed by atoms with Gasteiger partial charge in [-0.3, -0.25) is 0 Å². The van der Waals surface area contributed by atoms with Gasteiger partial charge >= 0.3 is 0 Å². The molecule has 2 aromatic rings. The van der Waals surface area contributed by atoms with E-state index in [9.17, 15) is 13.9 Å². The molecule has 0 spiro atoms. The molecule has 1 unspecified atom stereocenters. The summed E-state index contributed by atoms with van der Waals surface area (Å²) in [5.74, 6) is -0.522. The molecule has 0 saturated heterocycles. The van der Waals surface area contributed by atoms with Crippen molar-refractivity contribution in [3.8, 4) is 5.75 Å². The molecule has 1 aliphatic heterocycles. The smallest absolute Gasteiger partial charge is 0.128 e. The van der Waals surface area contributed by atoms with Gasteiger partial charge in [-0.25, -0.2) is 8.78 Å². The Bertz CT molecular complexity index is 660. The Hall–Kier alpha value is -1.46. The van der Waals surface area contributed by atoms with E-state index in [2.05, 4.69) is 15.9 Å². The highest BCUT2D eigenvalue weighted by Crippen LogP contribution is 2.42. The van der Waals surface area contributed by atoms with Crippen LogP contribution in [0.4, 0.5) is 8.78 Å². The standard InChI is InChI=1S/C15H11BrF2O2/c16-12-4-2-8(17)5-11(12)15-7-13(19)10-3-1-9(18)6-14(10)20-15/h1-6,13,15,19H,7H2/t13-,15?/m1/s1. The fraction of sp³-hybridized carbons (Fsp3) is 0.200. The first-order chi connectivity index (χ1) is 9.54. The number of aliphatic hydroxyl groups is 1. The van der Waals surface area contributed by atoms with E-state index in [1.807, 2.05) is 0 Å². The number of hydrogen-bond donors (Lipinski definition) is 1. The van der Waals surface area contributed by atoms with E-state index in [-0.39, 0.29) is 5.82 Å². The van der Waals surface area contributed by atoms with Crippen molar-refractivity contribution in [1.82, 2.24) is 0 Å². The van der Waals surface area contributed by atoms with Gasteiger partial charge < -0.3 is 9.84 Å². The van der Waals surface area contributed by atoms with Gasteiger partial charge in [-0.2, -0.15) is 0 Å². The summed E-state index contributed by atoms with van der Waals surface area (Å²) in [7, 11) is 0. The van der Waals surface area contributed by atoms with Gasteiger partial charge in [0.2, 0.25) is 0 Å². The van der Waals surface area contributed by atoms with Gasteiger partial charge in [0.1, 0.15) is 23.5 Å². The fourth-order valence-electron chi connectivity index (χ4n) is 2.37. The first kappa shape index (κ1) is 13.5. The highest BCUT2D eigenvalue weighted by molar-refractivity contribution is 9.10. The number of fused-ring (bicyclic) bond motifs is 1. The fourth-order valence-corrected chi connectivity index (χ4v) is 2.87. The summed E-state index contributed by atoms with van der Waals surface area (Å²) >= 11 is 3.34. The molecule has 0 radical (unpaired) electrons. The highest BCUT2D eigenvalue weighted by atomic mass is 79.9. The van der Waals surface area contributed by atoms with Crippen LogP contribution in [-0.2, 0) is 0 Å². The largest absolute Gasteiger partial charge is 0.485 e. The maximum atomic E-state index is 13.4. The zero-order valence-electron chi connectivity index (χ0n) is 10.3. The van der Waals surface area contributed by atoms with Crippen LogP contribution in [-0.4, -0.2) is 5.11 Å². The van der Waals surface area contributed by atoms with E-state index in [1.54, 1.807) is 6.07 Å². The number of hydrogen-bond acceptors (Lipinski definition) is 2. The molecule has 2 atom stereocenters. The second kappa shape index (κ2) is 5.14. The average molecular weight is 341 g/mol. The van der Waals surface area contributed by atoms with E-state index in [0.717, 1.165) is 0 Å². The van der Waals surface area contributed by atoms with Crippen LogP contribution in [0.3, 0.4) is 0 Å². The molecule has 5 heteroatoms. The summed E-state index contributed by atoms with van der Waals surface area (Å²) in [5.41, 5.74) is 1.15. The average Bonchev–Trinajstić information content (AvgIpc) is 2.41. The molecule has 0 aliphatic carbocycles. The topological polar surface area (TPSA) is 29.5 Å². The van der Waals surface area contributed by atoms with Crippen molar-refractivity contribution in [2.75, 3.05) is 0 Å². The number of halogens is 3. The van der Waals surface area contributed by atoms with Crippen LogP contribution in [0.1, 0.15) is 29.8 Å². The van der Waals surface area contributed by atoms with Crippen LogP contribution in [0.15, 0.2) is 40.9 Å². The summed E-state index contributed by atoms with van der Waals surface area (Å²) in [5, 5.41) is 10.1. The maximum absolute atomic E-state index is 13.4. The number of rotatable bonds is 1. The van der Waals surface area contributed by atoms with Crippen molar-refractivity contribution in [2.45, 2.75) is 18.6 Å². The van der Waals surface area contributed by atoms with Crippen molar-refractivity contribution in [1.29, 1.82) is 0 Å². The van der Waals surface area contributed by atoms with Gasteiger partial charge in [-0.05, 0) is 30.3 Å². The lowest BCUT2D eigenvalue weighted by molar-refractivity contribution is 0.0649. The Morgan fingerprint density at radius 2 is 1.75 bits per heavy atom. The molecule has 0 amide bonds. The molecular formula is C15H11BrF2O2. The third-order valence-corrected chi connectivity index (χ3v) is 4.07. The summed E-state index contributed by atoms with van der Waals surface area (Å²) in [4.78, 5) is 0. The Morgan fingerprint density at radius 1 is 1.05 bits per heavy atom. The van der Waals surface area contributed by atoms with Crippen LogP contribution >= 0.6 is 15.9 Å². The molecule has 0 saturated carbocycles. The first-order valence-corrected chi connectivity index (χ1v) is 6.93. The van der Waals surface area contributed by atoms with Crippen LogP contribution in [0.25, 0.3) is 0 Å². The predicted molar refractivity (Wildman–Crippen MR) is 73.4 cm³/mol. The molecule has 3 rings (SSSR count). The third kappa shape index (κ3) is 2.43. The quantitative estimate of drug-likeness (QED) is 0.839. The van der Waals surface area contributed by atoms with Gasteiger partial charge in [0.15, 0.2) is 0 Å². The Labute approximate surface area is 123 Å². The molecule has 2 nitrogen and oxygen atoms in total. The highest BCUT2D eigenvalue weighted by Gasteiger charge is 2.29. The second-order valence-corrected chi connectivity index (χ2v) is 5.56. The van der Waals surface area contributed by atoms with E-state index < -0.39 is 18.0 Å². The van der Waals surface area contributed by atoms with Crippen molar-refractivity contribution in [2.24, 2.45) is 0 Å². The van der Waals surface area contributed by atoms with E-state index in [4.69, 9.17) is 4.74 Å². The molecule has 20 heavy (non-hydrogen) atoms. The second-order valence-electron chi connectivity index (χ2n) is 4.71. The van der Waals surface area contributed by atoms with Crippen molar-refractivity contribution in [3.05, 3.63) is 63.6 Å². The lowest BCUT2D eigenvalue weighted by atomic mass is 9.95. The normalized spacial score (nSPS) is 21.2. The molecule has 0 aromatic heterocycles. The van der Waals surface area contributed by atoms with Crippen LogP contribution in [0.5, 0.6) is 5.75 Å². The minimum absolute atomic E-state index is 0.292. The molecule has 0 bridgehead atoms. The van der Waals surface area contributed by atoms with Crippen LogP contribution in [0.2, 0.25) is 0 Å². The monoisotopic (exact) mass is 340 g/mol. The summed E-state index contributed by atoms with van der Waals surface area (Å²) in [6.07, 6.45) is -0.996. The first-order valence-electron chi connectivity index (χ1n) is 6.13. The lowest BCUT2D eigenvalue weighted by Gasteiger charge is -2.30. The van der Waals surface area contributed by atoms with Gasteiger partial charge in [0, 0.05) is 28.1 Å². The lowest BCUT2D eigenvalue weighted by Crippen LogP contribution is -2.19. The Morgan fingerprint density at radius 3 is 2.55 bits per heavy atom. The summed E-state index contributed by atoms with van der Waals surface area (Å²) in [6, 6.07) is 8.29. The molecule has 0 fully saturated rings. The minimum Gasteiger partial charge on any atom is -0.485 e. The van der Waals surface area contributed by atoms with Crippen LogP contribution in [0, 0.1) is 11.6 Å².